The number of aliphatic hydroxyl groups is 3. The third kappa shape index (κ3) is 8.90. The second kappa shape index (κ2) is 16.7. The molecule has 0 radical (unpaired) electrons. The van der Waals surface area contributed by atoms with Gasteiger partial charge in [-0.15, -0.1) is 0 Å². The molecule has 2 aliphatic rings. The normalized spacial score (nSPS) is 19.7. The van der Waals surface area contributed by atoms with Crippen molar-refractivity contribution in [3.8, 4) is 0 Å². The van der Waals surface area contributed by atoms with Crippen molar-refractivity contribution in [2.45, 2.75) is 51.0 Å². The molecule has 0 aliphatic carbocycles. The molecule has 5 heterocycles. The molecule has 4 aromatic rings. The summed E-state index contributed by atoms with van der Waals surface area (Å²) in [5.41, 5.74) is 1.66. The lowest BCUT2D eigenvalue weighted by Gasteiger charge is -2.40. The molecule has 3 aromatic heterocycles. The summed E-state index contributed by atoms with van der Waals surface area (Å²) in [6, 6.07) is 6.33. The number of nitrogens with one attached hydrogen (secondary N) is 1. The predicted molar refractivity (Wildman–Crippen MR) is 191 cm³/mol. The van der Waals surface area contributed by atoms with E-state index >= 15 is 4.39 Å². The second-order valence-corrected chi connectivity index (χ2v) is 14.3. The third-order valence-corrected chi connectivity index (χ3v) is 10.3. The number of aromatic nitrogens is 3. The Morgan fingerprint density at radius 2 is 1.58 bits per heavy atom. The van der Waals surface area contributed by atoms with Crippen LogP contribution in [0.15, 0.2) is 42.7 Å². The molecular formula is C35H43F3N8O5S. The lowest BCUT2D eigenvalue weighted by atomic mass is 10.1. The summed E-state index contributed by atoms with van der Waals surface area (Å²) in [4.78, 5) is 33.4. The molecule has 2 fully saturated rings. The van der Waals surface area contributed by atoms with Crippen molar-refractivity contribution in [2.24, 2.45) is 0 Å². The van der Waals surface area contributed by atoms with Crippen LogP contribution in [0.25, 0.3) is 10.2 Å². The molecular weight excluding hydrogens is 701 g/mol. The van der Waals surface area contributed by atoms with E-state index < -0.39 is 30.4 Å². The summed E-state index contributed by atoms with van der Waals surface area (Å²) < 4.78 is 50.6. The number of hydrogen-bond acceptors (Lipinski definition) is 12. The summed E-state index contributed by atoms with van der Waals surface area (Å²) in [7, 11) is 0. The Hall–Kier alpha value is -4.13. The molecule has 4 atom stereocenters. The Kier molecular flexibility index (Phi) is 12.1. The van der Waals surface area contributed by atoms with Gasteiger partial charge in [-0.05, 0) is 55.3 Å². The number of aliphatic hydroxyl groups excluding tert-OH is 3. The van der Waals surface area contributed by atoms with E-state index in [1.165, 1.54) is 41.8 Å². The summed E-state index contributed by atoms with van der Waals surface area (Å²) >= 11 is 1.19. The van der Waals surface area contributed by atoms with Gasteiger partial charge in [-0.2, -0.15) is 0 Å². The minimum Gasteiger partial charge on any atom is -0.394 e. The van der Waals surface area contributed by atoms with Crippen LogP contribution in [0.3, 0.4) is 0 Å². The first kappa shape index (κ1) is 37.6. The number of fused-ring (bicyclic) bond motifs is 1. The average Bonchev–Trinajstić information content (AvgIpc) is 3.52. The number of thiazole rings is 1. The number of carbonyl (C=O) groups is 1. The van der Waals surface area contributed by atoms with Gasteiger partial charge in [0.1, 0.15) is 5.82 Å². The van der Waals surface area contributed by atoms with Crippen molar-refractivity contribution in [2.75, 3.05) is 74.3 Å². The van der Waals surface area contributed by atoms with E-state index in [9.17, 15) is 23.8 Å². The molecule has 0 unspecified atom stereocenters. The van der Waals surface area contributed by atoms with Gasteiger partial charge in [0.2, 0.25) is 0 Å². The molecule has 52 heavy (non-hydrogen) atoms. The largest absolute Gasteiger partial charge is 0.394 e. The second-order valence-electron chi connectivity index (χ2n) is 13.3. The number of carbonyl (C=O) groups excluding carboxylic acids is 1. The standard InChI is InChI=1S/C35H43F3N8O5S/c1-21-16-43(5-7-45(21)32-28(37)11-23(14-39-32)9-26(49)18-47)20-51-27(19-48)10-24-12-29(38)33(40-15-24)46-8-6-44(17-22(46)2)35(50)42-34-41-30-4-3-25(36)13-31(30)52-34/h3-4,11-15,21-22,26-27,47-49H,5-10,16-20H2,1-2H3,(H,41,42,50)/t21-,22-,26-,27-/m0/s1. The topological polar surface area (TPSA) is 151 Å². The average molecular weight is 745 g/mol. The van der Waals surface area contributed by atoms with E-state index in [0.717, 1.165) is 0 Å². The highest BCUT2D eigenvalue weighted by atomic mass is 32.1. The van der Waals surface area contributed by atoms with E-state index in [4.69, 9.17) is 9.84 Å². The zero-order chi connectivity index (χ0) is 36.9. The number of ether oxygens (including phenoxy) is 1. The van der Waals surface area contributed by atoms with Crippen LogP contribution in [0.5, 0.6) is 0 Å². The molecule has 2 amide bonds. The van der Waals surface area contributed by atoms with Crippen molar-refractivity contribution in [1.82, 2.24) is 24.8 Å². The van der Waals surface area contributed by atoms with Crippen molar-refractivity contribution in [3.05, 3.63) is 71.3 Å². The van der Waals surface area contributed by atoms with E-state index in [1.807, 2.05) is 23.6 Å². The van der Waals surface area contributed by atoms with Crippen molar-refractivity contribution in [1.29, 1.82) is 0 Å². The molecule has 6 rings (SSSR count). The molecule has 2 aliphatic heterocycles. The van der Waals surface area contributed by atoms with Crippen molar-refractivity contribution in [3.63, 3.8) is 0 Å². The van der Waals surface area contributed by atoms with Gasteiger partial charge < -0.3 is 34.8 Å². The van der Waals surface area contributed by atoms with Gasteiger partial charge >= 0.3 is 6.03 Å². The van der Waals surface area contributed by atoms with Crippen LogP contribution in [-0.4, -0.2) is 130 Å². The first-order chi connectivity index (χ1) is 25.0. The highest BCUT2D eigenvalue weighted by Gasteiger charge is 2.31. The lowest BCUT2D eigenvalue weighted by Crippen LogP contribution is -2.55. The number of amides is 2. The van der Waals surface area contributed by atoms with Crippen LogP contribution in [0.1, 0.15) is 25.0 Å². The number of pyridine rings is 2. The van der Waals surface area contributed by atoms with Gasteiger partial charge in [0.05, 0.1) is 42.4 Å². The van der Waals surface area contributed by atoms with Gasteiger partial charge in [-0.25, -0.2) is 32.9 Å². The molecule has 13 nitrogen and oxygen atoms in total. The minimum absolute atomic E-state index is 0.0871. The summed E-state index contributed by atoms with van der Waals surface area (Å²) in [6.45, 7) is 6.02. The van der Waals surface area contributed by atoms with Gasteiger partial charge in [0.25, 0.3) is 0 Å². The van der Waals surface area contributed by atoms with E-state index in [2.05, 4.69) is 25.2 Å². The molecule has 280 valence electrons. The molecule has 0 bridgehead atoms. The number of urea groups is 1. The first-order valence-electron chi connectivity index (χ1n) is 17.2. The zero-order valence-corrected chi connectivity index (χ0v) is 29.8. The van der Waals surface area contributed by atoms with Crippen LogP contribution in [-0.2, 0) is 17.6 Å². The molecule has 4 N–H and O–H groups in total. The highest BCUT2D eigenvalue weighted by molar-refractivity contribution is 7.22. The van der Waals surface area contributed by atoms with Gasteiger partial charge in [-0.1, -0.05) is 11.3 Å². The maximum atomic E-state index is 15.5. The van der Waals surface area contributed by atoms with Crippen LogP contribution < -0.4 is 15.1 Å². The number of piperazine rings is 2. The Morgan fingerprint density at radius 1 is 0.923 bits per heavy atom. The maximum absolute atomic E-state index is 15.5. The number of nitrogens with zero attached hydrogens (tertiary/aromatic N) is 7. The molecule has 0 spiro atoms. The van der Waals surface area contributed by atoms with Crippen molar-refractivity contribution < 1.29 is 38.0 Å². The van der Waals surface area contributed by atoms with E-state index in [-0.39, 0.29) is 61.7 Å². The predicted octanol–water partition coefficient (Wildman–Crippen LogP) is 3.23. The van der Waals surface area contributed by atoms with Crippen LogP contribution in [0.2, 0.25) is 0 Å². The maximum Gasteiger partial charge on any atom is 0.323 e. The number of anilines is 3. The SMILES string of the molecule is C[C@H]1CN(CO[C@H](CO)Cc2cnc(N3CCN(C(=O)Nc4nc5ccc(F)cc5s4)C[C@@H]3C)c(F)c2)CCN1c1ncc(C[C@H](O)CO)cc1F. The minimum atomic E-state index is -0.973. The van der Waals surface area contributed by atoms with Crippen LogP contribution in [0, 0.1) is 17.5 Å². The molecule has 17 heteroatoms. The molecule has 1 aromatic carbocycles. The number of hydrogen-bond donors (Lipinski definition) is 4. The third-order valence-electron chi connectivity index (χ3n) is 9.33. The van der Waals surface area contributed by atoms with Crippen LogP contribution >= 0.6 is 11.3 Å². The smallest absolute Gasteiger partial charge is 0.323 e. The number of halogens is 3. The number of benzene rings is 1. The van der Waals surface area contributed by atoms with Crippen LogP contribution in [0.4, 0.5) is 34.7 Å². The summed E-state index contributed by atoms with van der Waals surface area (Å²) in [5, 5.41) is 31.9. The summed E-state index contributed by atoms with van der Waals surface area (Å²) in [6.07, 6.45) is 1.86. The van der Waals surface area contributed by atoms with E-state index in [1.54, 1.807) is 17.2 Å². The fraction of sp³-hybridized carbons (Fsp3) is 0.486. The highest BCUT2D eigenvalue weighted by Crippen LogP contribution is 2.28. The quantitative estimate of drug-likeness (QED) is 0.169. The Labute approximate surface area is 303 Å². The molecule has 2 saturated heterocycles. The Morgan fingerprint density at radius 3 is 2.19 bits per heavy atom. The van der Waals surface area contributed by atoms with Gasteiger partial charge in [0.15, 0.2) is 28.4 Å². The monoisotopic (exact) mass is 744 g/mol. The van der Waals surface area contributed by atoms with Crippen molar-refractivity contribution >= 4 is 44.4 Å². The first-order valence-corrected chi connectivity index (χ1v) is 18.0. The lowest BCUT2D eigenvalue weighted by molar-refractivity contribution is -0.0486. The zero-order valence-electron chi connectivity index (χ0n) is 29.0. The fourth-order valence-corrected chi connectivity index (χ4v) is 7.50. The van der Waals surface area contributed by atoms with E-state index in [0.29, 0.717) is 65.7 Å². The fourth-order valence-electron chi connectivity index (χ4n) is 6.62. The van der Waals surface area contributed by atoms with Gasteiger partial charge in [0, 0.05) is 76.6 Å². The summed E-state index contributed by atoms with van der Waals surface area (Å²) in [5.74, 6) is -0.968. The van der Waals surface area contributed by atoms with Gasteiger partial charge in [-0.3, -0.25) is 10.2 Å². The molecule has 0 saturated carbocycles. The Bertz CT molecular complexity index is 1860. The Balaban J connectivity index is 0.974. The number of rotatable bonds is 12.